The first-order valence-corrected chi connectivity index (χ1v) is 5.60. The molecule has 0 aliphatic carbocycles. The molecule has 0 radical (unpaired) electrons. The Hall–Kier alpha value is -1.79. The Bertz CT molecular complexity index is 526. The summed E-state index contributed by atoms with van der Waals surface area (Å²) in [5.41, 5.74) is 0.860. The Labute approximate surface area is 108 Å². The molecule has 2 rings (SSSR count). The van der Waals surface area contributed by atoms with Crippen molar-refractivity contribution < 1.29 is 17.6 Å². The molecule has 0 atom stereocenters. The Kier molecular flexibility index (Phi) is 3.15. The number of halogens is 4. The molecule has 1 aromatic heterocycles. The third-order valence-corrected chi connectivity index (χ3v) is 3.61. The molecule has 3 nitrogen and oxygen atoms in total. The quantitative estimate of drug-likeness (QED) is 0.580. The fourth-order valence-corrected chi connectivity index (χ4v) is 2.25. The monoisotopic (exact) mass is 275 g/mol. The highest BCUT2D eigenvalue weighted by molar-refractivity contribution is 5.28. The maximum Gasteiger partial charge on any atom is 0.252 e. The van der Waals surface area contributed by atoms with Gasteiger partial charge in [-0.15, -0.1) is 0 Å². The van der Waals surface area contributed by atoms with Gasteiger partial charge >= 0.3 is 0 Å². The summed E-state index contributed by atoms with van der Waals surface area (Å²) in [7, 11) is 3.20. The predicted molar refractivity (Wildman–Crippen MR) is 60.7 cm³/mol. The summed E-state index contributed by atoms with van der Waals surface area (Å²) in [6.07, 6.45) is -0.938. The first kappa shape index (κ1) is 13.6. The Balaban J connectivity index is 2.62. The minimum atomic E-state index is -1.64. The summed E-state index contributed by atoms with van der Waals surface area (Å²) in [4.78, 5) is 5.66. The fourth-order valence-electron chi connectivity index (χ4n) is 2.25. The molecule has 104 valence electrons. The number of allylic oxidation sites excluding steroid dienone is 2. The van der Waals surface area contributed by atoms with Gasteiger partial charge < -0.3 is 9.80 Å². The molecule has 0 saturated carbocycles. The molecular formula is C12H13F4N3. The SMILES string of the molecule is CC1=C(C)N(C)C(c2c(F)c(F)nc(F)c2F)N1C. The Morgan fingerprint density at radius 2 is 1.21 bits per heavy atom. The third kappa shape index (κ3) is 1.84. The minimum absolute atomic E-state index is 0.675. The van der Waals surface area contributed by atoms with E-state index < -0.39 is 35.3 Å². The second kappa shape index (κ2) is 4.40. The van der Waals surface area contributed by atoms with E-state index in [2.05, 4.69) is 4.98 Å². The number of rotatable bonds is 1. The van der Waals surface area contributed by atoms with E-state index in [-0.39, 0.29) is 0 Å². The molecule has 0 aromatic carbocycles. The van der Waals surface area contributed by atoms with E-state index >= 15 is 0 Å². The van der Waals surface area contributed by atoms with Crippen molar-refractivity contribution in [3.63, 3.8) is 0 Å². The van der Waals surface area contributed by atoms with Crippen LogP contribution >= 0.6 is 0 Å². The van der Waals surface area contributed by atoms with Crippen LogP contribution in [0.25, 0.3) is 0 Å². The van der Waals surface area contributed by atoms with Gasteiger partial charge in [-0.05, 0) is 13.8 Å². The van der Waals surface area contributed by atoms with Gasteiger partial charge in [0.2, 0.25) is 0 Å². The van der Waals surface area contributed by atoms with Gasteiger partial charge in [0.25, 0.3) is 11.9 Å². The molecule has 0 bridgehead atoms. The van der Waals surface area contributed by atoms with Crippen molar-refractivity contribution in [2.45, 2.75) is 20.0 Å². The first-order chi connectivity index (χ1) is 8.77. The zero-order chi connectivity index (χ0) is 14.5. The smallest absolute Gasteiger partial charge is 0.252 e. The van der Waals surface area contributed by atoms with E-state index in [1.54, 1.807) is 37.7 Å². The lowest BCUT2D eigenvalue weighted by atomic mass is 10.1. The van der Waals surface area contributed by atoms with E-state index in [1.807, 2.05) is 0 Å². The van der Waals surface area contributed by atoms with Crippen molar-refractivity contribution in [3.05, 3.63) is 40.5 Å². The summed E-state index contributed by atoms with van der Waals surface area (Å²) in [5, 5.41) is 0. The summed E-state index contributed by atoms with van der Waals surface area (Å²) in [6.45, 7) is 3.52. The van der Waals surface area contributed by atoms with Crippen LogP contribution in [-0.4, -0.2) is 28.9 Å². The van der Waals surface area contributed by atoms with E-state index in [0.29, 0.717) is 0 Å². The van der Waals surface area contributed by atoms with Crippen molar-refractivity contribution in [3.8, 4) is 0 Å². The van der Waals surface area contributed by atoms with Crippen LogP contribution in [-0.2, 0) is 0 Å². The van der Waals surface area contributed by atoms with E-state index in [1.165, 1.54) is 0 Å². The first-order valence-electron chi connectivity index (χ1n) is 5.60. The molecule has 0 unspecified atom stereocenters. The van der Waals surface area contributed by atoms with E-state index in [4.69, 9.17) is 0 Å². The molecule has 0 saturated heterocycles. The fraction of sp³-hybridized carbons (Fsp3) is 0.417. The van der Waals surface area contributed by atoms with Gasteiger partial charge in [-0.3, -0.25) is 0 Å². The average molecular weight is 275 g/mol. The number of hydrogen-bond acceptors (Lipinski definition) is 3. The summed E-state index contributed by atoms with van der Waals surface area (Å²) in [5.74, 6) is -6.22. The molecule has 1 aliphatic heterocycles. The lowest BCUT2D eigenvalue weighted by molar-refractivity contribution is 0.176. The zero-order valence-corrected chi connectivity index (χ0v) is 10.9. The highest BCUT2D eigenvalue weighted by Crippen LogP contribution is 2.38. The van der Waals surface area contributed by atoms with Gasteiger partial charge in [0.15, 0.2) is 11.6 Å². The third-order valence-electron chi connectivity index (χ3n) is 3.61. The van der Waals surface area contributed by atoms with Crippen molar-refractivity contribution in [1.82, 2.24) is 14.8 Å². The molecule has 7 heteroatoms. The maximum atomic E-state index is 13.8. The summed E-state index contributed by atoms with van der Waals surface area (Å²) < 4.78 is 53.9. The van der Waals surface area contributed by atoms with E-state index in [9.17, 15) is 17.6 Å². The van der Waals surface area contributed by atoms with Crippen LogP contribution in [0.15, 0.2) is 11.4 Å². The molecular weight excluding hydrogens is 262 g/mol. The van der Waals surface area contributed by atoms with Crippen LogP contribution < -0.4 is 0 Å². The number of hydrogen-bond donors (Lipinski definition) is 0. The molecule has 19 heavy (non-hydrogen) atoms. The van der Waals surface area contributed by atoms with Gasteiger partial charge in [0.05, 0.1) is 5.56 Å². The van der Waals surface area contributed by atoms with Crippen LogP contribution in [0.5, 0.6) is 0 Å². The number of aromatic nitrogens is 1. The zero-order valence-electron chi connectivity index (χ0n) is 10.9. The highest BCUT2D eigenvalue weighted by atomic mass is 19.2. The van der Waals surface area contributed by atoms with Crippen LogP contribution in [0.3, 0.4) is 0 Å². The molecule has 0 fully saturated rings. The molecule has 0 spiro atoms. The lowest BCUT2D eigenvalue weighted by Gasteiger charge is -2.30. The largest absolute Gasteiger partial charge is 0.353 e. The van der Waals surface area contributed by atoms with Gasteiger partial charge in [-0.2, -0.15) is 13.8 Å². The normalized spacial score (nSPS) is 16.8. The van der Waals surface area contributed by atoms with Gasteiger partial charge in [-0.1, -0.05) is 0 Å². The molecule has 2 heterocycles. The minimum Gasteiger partial charge on any atom is -0.353 e. The van der Waals surface area contributed by atoms with Crippen LogP contribution in [0.1, 0.15) is 25.6 Å². The predicted octanol–water partition coefficient (Wildman–Crippen LogP) is 2.77. The molecule has 1 aliphatic rings. The Morgan fingerprint density at radius 1 is 0.842 bits per heavy atom. The topological polar surface area (TPSA) is 19.4 Å². The van der Waals surface area contributed by atoms with Crippen molar-refractivity contribution >= 4 is 0 Å². The summed E-state index contributed by atoms with van der Waals surface area (Å²) in [6, 6.07) is 0. The molecule has 0 amide bonds. The van der Waals surface area contributed by atoms with Gasteiger partial charge in [-0.25, -0.2) is 8.78 Å². The van der Waals surface area contributed by atoms with Crippen molar-refractivity contribution in [2.24, 2.45) is 0 Å². The lowest BCUT2D eigenvalue weighted by Crippen LogP contribution is -2.30. The number of pyridine rings is 1. The number of nitrogens with zero attached hydrogens (tertiary/aromatic N) is 3. The maximum absolute atomic E-state index is 13.8. The Morgan fingerprint density at radius 3 is 1.58 bits per heavy atom. The van der Waals surface area contributed by atoms with Crippen LogP contribution in [0.4, 0.5) is 17.6 Å². The molecule has 1 aromatic rings. The average Bonchev–Trinajstić information content (AvgIpc) is 2.54. The van der Waals surface area contributed by atoms with Crippen molar-refractivity contribution in [1.29, 1.82) is 0 Å². The van der Waals surface area contributed by atoms with E-state index in [0.717, 1.165) is 11.4 Å². The van der Waals surface area contributed by atoms with Gasteiger partial charge in [0.1, 0.15) is 6.17 Å². The molecule has 0 N–H and O–H groups in total. The van der Waals surface area contributed by atoms with Crippen LogP contribution in [0.2, 0.25) is 0 Å². The van der Waals surface area contributed by atoms with Crippen LogP contribution in [0, 0.1) is 23.5 Å². The second-order valence-electron chi connectivity index (χ2n) is 4.50. The van der Waals surface area contributed by atoms with Crippen molar-refractivity contribution in [2.75, 3.05) is 14.1 Å². The van der Waals surface area contributed by atoms with Gasteiger partial charge in [0, 0.05) is 25.5 Å². The highest BCUT2D eigenvalue weighted by Gasteiger charge is 2.37. The standard InChI is InChI=1S/C12H13F4N3/c1-5-6(2)19(4)12(18(5)3)7-8(13)10(15)17-11(16)9(7)14/h12H,1-4H3. The second-order valence-corrected chi connectivity index (χ2v) is 4.50. The summed E-state index contributed by atoms with van der Waals surface area (Å²) >= 11 is 0.